The van der Waals surface area contributed by atoms with Crippen molar-refractivity contribution >= 4 is 5.78 Å². The van der Waals surface area contributed by atoms with Crippen molar-refractivity contribution < 1.29 is 4.79 Å². The highest BCUT2D eigenvalue weighted by Gasteiger charge is 2.38. The predicted octanol–water partition coefficient (Wildman–Crippen LogP) is 3.23. The van der Waals surface area contributed by atoms with Crippen molar-refractivity contribution in [1.82, 2.24) is 14.7 Å². The molecular formula is C18H29N3O. The monoisotopic (exact) mass is 303 g/mol. The maximum atomic E-state index is 11.9. The molecule has 0 spiro atoms. The molecular weight excluding hydrogens is 274 g/mol. The van der Waals surface area contributed by atoms with Gasteiger partial charge in [-0.1, -0.05) is 13.8 Å². The Balaban J connectivity index is 1.44. The van der Waals surface area contributed by atoms with Crippen molar-refractivity contribution in [2.24, 2.45) is 5.92 Å². The topological polar surface area (TPSA) is 38.1 Å². The summed E-state index contributed by atoms with van der Waals surface area (Å²) in [6, 6.07) is 1.23. The number of likely N-dealkylation sites (tertiary alicyclic amines) is 1. The molecule has 0 bridgehead atoms. The lowest BCUT2D eigenvalue weighted by Gasteiger charge is -2.45. The van der Waals surface area contributed by atoms with E-state index in [1.807, 2.05) is 6.20 Å². The minimum Gasteiger partial charge on any atom is -0.300 e. The van der Waals surface area contributed by atoms with E-state index in [0.29, 0.717) is 23.8 Å². The molecule has 2 fully saturated rings. The predicted molar refractivity (Wildman–Crippen MR) is 87.9 cm³/mol. The molecule has 0 radical (unpaired) electrons. The highest BCUT2D eigenvalue weighted by molar-refractivity contribution is 5.81. The lowest BCUT2D eigenvalue weighted by Crippen LogP contribution is -2.50. The highest BCUT2D eigenvalue weighted by Crippen LogP contribution is 2.36. The van der Waals surface area contributed by atoms with Crippen LogP contribution in [0.4, 0.5) is 0 Å². The number of ketones is 1. The minimum absolute atomic E-state index is 0.362. The SMILES string of the molecule is CCCC(=O)C1CC(N2CCC(n3cc(CC)cn3)CC2)C1. The largest absolute Gasteiger partial charge is 0.300 e. The Bertz CT molecular complexity index is 496. The van der Waals surface area contributed by atoms with Crippen LogP contribution in [-0.4, -0.2) is 39.6 Å². The lowest BCUT2D eigenvalue weighted by atomic mass is 9.75. The molecule has 2 aliphatic rings. The van der Waals surface area contributed by atoms with Crippen LogP contribution in [0.25, 0.3) is 0 Å². The van der Waals surface area contributed by atoms with E-state index in [2.05, 4.69) is 34.7 Å². The van der Waals surface area contributed by atoms with Gasteiger partial charge in [0.2, 0.25) is 0 Å². The molecule has 1 saturated heterocycles. The van der Waals surface area contributed by atoms with Crippen molar-refractivity contribution in [1.29, 1.82) is 0 Å². The van der Waals surface area contributed by atoms with Crippen LogP contribution in [0.2, 0.25) is 0 Å². The molecule has 2 heterocycles. The number of rotatable bonds is 6. The fourth-order valence-corrected chi connectivity index (χ4v) is 3.87. The molecule has 0 unspecified atom stereocenters. The molecule has 1 aromatic rings. The van der Waals surface area contributed by atoms with Crippen molar-refractivity contribution in [3.63, 3.8) is 0 Å². The summed E-state index contributed by atoms with van der Waals surface area (Å²) in [5.41, 5.74) is 1.33. The molecule has 1 aliphatic heterocycles. The molecule has 0 atom stereocenters. The molecule has 22 heavy (non-hydrogen) atoms. The zero-order chi connectivity index (χ0) is 15.5. The van der Waals surface area contributed by atoms with Crippen molar-refractivity contribution in [3.8, 4) is 0 Å². The summed E-state index contributed by atoms with van der Waals surface area (Å²) >= 11 is 0. The standard InChI is InChI=1S/C18H29N3O/c1-3-5-18(22)15-10-17(11-15)20-8-6-16(7-9-20)21-13-14(4-2)12-19-21/h12-13,15-17H,3-11H2,1-2H3. The van der Waals surface area contributed by atoms with Crippen LogP contribution in [0.15, 0.2) is 12.4 Å². The number of aromatic nitrogens is 2. The Kier molecular flexibility index (Phi) is 4.97. The Morgan fingerprint density at radius 3 is 2.55 bits per heavy atom. The number of hydrogen-bond donors (Lipinski definition) is 0. The molecule has 1 aliphatic carbocycles. The fraction of sp³-hybridized carbons (Fsp3) is 0.778. The number of hydrogen-bond acceptors (Lipinski definition) is 3. The van der Waals surface area contributed by atoms with E-state index >= 15 is 0 Å². The second kappa shape index (κ2) is 6.95. The van der Waals surface area contributed by atoms with Crippen molar-refractivity contribution in [3.05, 3.63) is 18.0 Å². The molecule has 4 heteroatoms. The number of aryl methyl sites for hydroxylation is 1. The van der Waals surface area contributed by atoms with Crippen LogP contribution in [-0.2, 0) is 11.2 Å². The van der Waals surface area contributed by atoms with Gasteiger partial charge in [0.25, 0.3) is 0 Å². The van der Waals surface area contributed by atoms with Gasteiger partial charge in [-0.25, -0.2) is 0 Å². The van der Waals surface area contributed by atoms with E-state index in [1.54, 1.807) is 0 Å². The smallest absolute Gasteiger partial charge is 0.136 e. The molecule has 0 N–H and O–H groups in total. The summed E-state index contributed by atoms with van der Waals surface area (Å²) in [7, 11) is 0. The minimum atomic E-state index is 0.362. The molecule has 0 amide bonds. The third-order valence-corrected chi connectivity index (χ3v) is 5.52. The Morgan fingerprint density at radius 2 is 1.95 bits per heavy atom. The maximum absolute atomic E-state index is 11.9. The highest BCUT2D eigenvalue weighted by atomic mass is 16.1. The third-order valence-electron chi connectivity index (χ3n) is 5.52. The quantitative estimate of drug-likeness (QED) is 0.810. The van der Waals surface area contributed by atoms with Crippen LogP contribution >= 0.6 is 0 Å². The van der Waals surface area contributed by atoms with E-state index in [0.717, 1.165) is 45.2 Å². The zero-order valence-corrected chi connectivity index (χ0v) is 14.0. The lowest BCUT2D eigenvalue weighted by molar-refractivity contribution is -0.127. The summed E-state index contributed by atoms with van der Waals surface area (Å²) in [6.07, 6.45) is 11.6. The van der Waals surface area contributed by atoms with Crippen molar-refractivity contribution in [2.45, 2.75) is 70.9 Å². The molecule has 122 valence electrons. The number of carbonyl (C=O) groups excluding carboxylic acids is 1. The summed E-state index contributed by atoms with van der Waals surface area (Å²) < 4.78 is 2.17. The van der Waals surface area contributed by atoms with Gasteiger partial charge in [-0.05, 0) is 44.1 Å². The van der Waals surface area contributed by atoms with Gasteiger partial charge in [0.05, 0.1) is 12.2 Å². The number of Topliss-reactive ketones (excluding diaryl/α,β-unsaturated/α-hetero) is 1. The molecule has 3 rings (SSSR count). The molecule has 1 aromatic heterocycles. The molecule has 0 aromatic carbocycles. The first-order chi connectivity index (χ1) is 10.7. The number of nitrogens with zero attached hydrogens (tertiary/aromatic N) is 3. The van der Waals surface area contributed by atoms with Gasteiger partial charge in [0, 0.05) is 37.7 Å². The average Bonchev–Trinajstić information content (AvgIpc) is 2.96. The van der Waals surface area contributed by atoms with Crippen LogP contribution in [0.5, 0.6) is 0 Å². The fourth-order valence-electron chi connectivity index (χ4n) is 3.87. The second-order valence-corrected chi connectivity index (χ2v) is 6.99. The Hall–Kier alpha value is -1.16. The van der Waals surface area contributed by atoms with Gasteiger partial charge in [-0.3, -0.25) is 9.48 Å². The summed E-state index contributed by atoms with van der Waals surface area (Å²) in [5.74, 6) is 0.859. The van der Waals surface area contributed by atoms with E-state index < -0.39 is 0 Å². The van der Waals surface area contributed by atoms with E-state index in [-0.39, 0.29) is 0 Å². The number of carbonyl (C=O) groups is 1. The van der Waals surface area contributed by atoms with E-state index in [4.69, 9.17) is 0 Å². The Morgan fingerprint density at radius 1 is 1.23 bits per heavy atom. The van der Waals surface area contributed by atoms with Gasteiger partial charge in [0.15, 0.2) is 0 Å². The normalized spacial score (nSPS) is 26.8. The van der Waals surface area contributed by atoms with E-state index in [9.17, 15) is 4.79 Å². The summed E-state index contributed by atoms with van der Waals surface area (Å²) in [5, 5.41) is 4.52. The van der Waals surface area contributed by atoms with Crippen molar-refractivity contribution in [2.75, 3.05) is 13.1 Å². The van der Waals surface area contributed by atoms with Crippen LogP contribution < -0.4 is 0 Å². The maximum Gasteiger partial charge on any atom is 0.136 e. The summed E-state index contributed by atoms with van der Waals surface area (Å²) in [4.78, 5) is 14.5. The second-order valence-electron chi connectivity index (χ2n) is 6.99. The van der Waals surface area contributed by atoms with Gasteiger partial charge >= 0.3 is 0 Å². The first-order valence-electron chi connectivity index (χ1n) is 9.01. The average molecular weight is 303 g/mol. The van der Waals surface area contributed by atoms with Gasteiger partial charge < -0.3 is 4.90 Å². The van der Waals surface area contributed by atoms with Gasteiger partial charge in [-0.15, -0.1) is 0 Å². The van der Waals surface area contributed by atoms with Gasteiger partial charge in [0.1, 0.15) is 5.78 Å². The number of piperidine rings is 1. The first-order valence-corrected chi connectivity index (χ1v) is 9.01. The Labute approximate surface area is 133 Å². The molecule has 1 saturated carbocycles. The van der Waals surface area contributed by atoms with Crippen LogP contribution in [0, 0.1) is 5.92 Å². The van der Waals surface area contributed by atoms with Crippen LogP contribution in [0.1, 0.15) is 64.0 Å². The summed E-state index contributed by atoms with van der Waals surface area (Å²) in [6.45, 7) is 6.59. The van der Waals surface area contributed by atoms with Crippen LogP contribution in [0.3, 0.4) is 0 Å². The zero-order valence-electron chi connectivity index (χ0n) is 14.0. The first kappa shape index (κ1) is 15.7. The van der Waals surface area contributed by atoms with Gasteiger partial charge in [-0.2, -0.15) is 5.10 Å². The molecule has 4 nitrogen and oxygen atoms in total. The third kappa shape index (κ3) is 3.27. The van der Waals surface area contributed by atoms with E-state index in [1.165, 1.54) is 18.4 Å².